The lowest BCUT2D eigenvalue weighted by Gasteiger charge is -2.34. The number of fused-ring (bicyclic) bond motifs is 1. The molecule has 1 atom stereocenters. The fraction of sp³-hybridized carbons (Fsp3) is 0.480. The number of carbonyl (C=O) groups excluding carboxylic acids is 1. The first-order valence-corrected chi connectivity index (χ1v) is 12.2. The maximum absolute atomic E-state index is 12.8. The number of ether oxygens (including phenoxy) is 1. The summed E-state index contributed by atoms with van der Waals surface area (Å²) in [7, 11) is 0. The predicted molar refractivity (Wildman–Crippen MR) is 134 cm³/mol. The van der Waals surface area contributed by atoms with Gasteiger partial charge in [-0.1, -0.05) is 12.1 Å². The summed E-state index contributed by atoms with van der Waals surface area (Å²) >= 11 is 0. The molecule has 1 fully saturated rings. The summed E-state index contributed by atoms with van der Waals surface area (Å²) in [4.78, 5) is 23.9. The molecule has 3 heterocycles. The van der Waals surface area contributed by atoms with Crippen LogP contribution in [-0.4, -0.2) is 69.4 Å². The molecule has 9 nitrogen and oxygen atoms in total. The first kappa shape index (κ1) is 26.4. The van der Waals surface area contributed by atoms with Crippen LogP contribution in [0.1, 0.15) is 45.3 Å². The zero-order valence-corrected chi connectivity index (χ0v) is 21.2. The van der Waals surface area contributed by atoms with Crippen molar-refractivity contribution in [2.45, 2.75) is 46.0 Å². The summed E-state index contributed by atoms with van der Waals surface area (Å²) in [6, 6.07) is 7.41. The van der Waals surface area contributed by atoms with Crippen LogP contribution in [0.3, 0.4) is 0 Å². The van der Waals surface area contributed by atoms with Gasteiger partial charge in [-0.05, 0) is 45.4 Å². The Morgan fingerprint density at radius 2 is 1.84 bits per heavy atom. The van der Waals surface area contributed by atoms with Gasteiger partial charge in [-0.15, -0.1) is 0 Å². The molecule has 0 saturated carbocycles. The molecule has 1 aliphatic rings. The maximum atomic E-state index is 12.8. The number of aromatic hydroxyl groups is 1. The van der Waals surface area contributed by atoms with Crippen LogP contribution in [0.5, 0.6) is 11.6 Å². The van der Waals surface area contributed by atoms with Gasteiger partial charge >= 0.3 is 6.18 Å². The van der Waals surface area contributed by atoms with E-state index in [0.29, 0.717) is 23.3 Å². The van der Waals surface area contributed by atoms with Crippen LogP contribution in [0.25, 0.3) is 10.9 Å². The summed E-state index contributed by atoms with van der Waals surface area (Å²) in [6.07, 6.45) is -2.70. The van der Waals surface area contributed by atoms with Crippen molar-refractivity contribution in [3.63, 3.8) is 0 Å². The highest BCUT2D eigenvalue weighted by Gasteiger charge is 2.36. The molecule has 0 radical (unpaired) electrons. The minimum atomic E-state index is -4.47. The number of piperazine rings is 1. The van der Waals surface area contributed by atoms with Gasteiger partial charge in [0, 0.05) is 31.4 Å². The molecule has 37 heavy (non-hydrogen) atoms. The van der Waals surface area contributed by atoms with Gasteiger partial charge in [0.15, 0.2) is 0 Å². The average Bonchev–Trinajstić information content (AvgIpc) is 3.17. The van der Waals surface area contributed by atoms with E-state index in [1.807, 2.05) is 52.0 Å². The number of nitrogens with zero attached hydrogens (tertiary/aromatic N) is 5. The number of hydrogen-bond donors (Lipinski definition) is 2. The summed E-state index contributed by atoms with van der Waals surface area (Å²) in [5.74, 6) is 0.659. The number of benzene rings is 1. The summed E-state index contributed by atoms with van der Waals surface area (Å²) in [6.45, 7) is 6.73. The van der Waals surface area contributed by atoms with E-state index in [1.165, 1.54) is 4.90 Å². The van der Waals surface area contributed by atoms with Gasteiger partial charge in [-0.3, -0.25) is 4.79 Å². The molecule has 0 unspecified atom stereocenters. The molecule has 1 amide bonds. The monoisotopic (exact) mass is 520 g/mol. The highest BCUT2D eigenvalue weighted by molar-refractivity contribution is 5.94. The summed E-state index contributed by atoms with van der Waals surface area (Å²) in [5.41, 5.74) is 1.27. The second kappa shape index (κ2) is 10.3. The quantitative estimate of drug-likeness (QED) is 0.452. The number of halogens is 3. The van der Waals surface area contributed by atoms with Crippen molar-refractivity contribution >= 4 is 28.6 Å². The van der Waals surface area contributed by atoms with Crippen molar-refractivity contribution in [2.75, 3.05) is 43.0 Å². The van der Waals surface area contributed by atoms with Gasteiger partial charge in [0.05, 0.1) is 12.0 Å². The fourth-order valence-electron chi connectivity index (χ4n) is 4.29. The molecule has 1 saturated heterocycles. The van der Waals surface area contributed by atoms with Gasteiger partial charge in [-0.25, -0.2) is 4.98 Å². The minimum Gasteiger partial charge on any atom is -0.494 e. The fourth-order valence-corrected chi connectivity index (χ4v) is 4.29. The van der Waals surface area contributed by atoms with Crippen molar-refractivity contribution in [1.29, 1.82) is 0 Å². The molecule has 1 aromatic carbocycles. The lowest BCUT2D eigenvalue weighted by molar-refractivity contribution is -0.161. The van der Waals surface area contributed by atoms with Gasteiger partial charge in [-0.2, -0.15) is 18.2 Å². The van der Waals surface area contributed by atoms with Gasteiger partial charge in [0.1, 0.15) is 30.2 Å². The maximum Gasteiger partial charge on any atom is 0.406 e. The van der Waals surface area contributed by atoms with E-state index >= 15 is 0 Å². The Balaban J connectivity index is 1.66. The molecule has 3 aromatic rings. The number of hydrogen-bond acceptors (Lipinski definition) is 7. The second-order valence-corrected chi connectivity index (χ2v) is 9.31. The largest absolute Gasteiger partial charge is 0.494 e. The molecule has 4 rings (SSSR count). The molecular formula is C25H31F3N6O3. The number of anilines is 2. The predicted octanol–water partition coefficient (Wildman–Crippen LogP) is 4.50. The Morgan fingerprint density at radius 1 is 1.14 bits per heavy atom. The first-order valence-electron chi connectivity index (χ1n) is 12.2. The van der Waals surface area contributed by atoms with Crippen LogP contribution < -0.4 is 15.0 Å². The molecule has 12 heteroatoms. The molecule has 1 aliphatic heterocycles. The number of alkyl halides is 3. The smallest absolute Gasteiger partial charge is 0.406 e. The van der Waals surface area contributed by atoms with Crippen LogP contribution >= 0.6 is 0 Å². The van der Waals surface area contributed by atoms with Gasteiger partial charge < -0.3 is 29.5 Å². The first-order chi connectivity index (χ1) is 17.5. The minimum absolute atomic E-state index is 0.0487. The Bertz CT molecular complexity index is 1260. The third kappa shape index (κ3) is 5.83. The van der Waals surface area contributed by atoms with E-state index in [0.717, 1.165) is 16.2 Å². The molecule has 0 spiro atoms. The molecule has 200 valence electrons. The van der Waals surface area contributed by atoms with Crippen LogP contribution in [-0.2, 0) is 4.79 Å². The Kier molecular flexibility index (Phi) is 7.37. The van der Waals surface area contributed by atoms with E-state index in [2.05, 4.69) is 15.3 Å². The lowest BCUT2D eigenvalue weighted by Crippen LogP contribution is -2.53. The zero-order chi connectivity index (χ0) is 26.9. The number of carbonyl (C=O) groups is 1. The highest BCUT2D eigenvalue weighted by Crippen LogP contribution is 2.35. The highest BCUT2D eigenvalue weighted by atomic mass is 19.4. The van der Waals surface area contributed by atoms with Gasteiger partial charge in [0.25, 0.3) is 0 Å². The van der Waals surface area contributed by atoms with Crippen molar-refractivity contribution in [1.82, 2.24) is 19.4 Å². The van der Waals surface area contributed by atoms with Crippen LogP contribution in [0.2, 0.25) is 0 Å². The number of nitrogens with one attached hydrogen (secondary N) is 1. The Morgan fingerprint density at radius 3 is 2.43 bits per heavy atom. The molecule has 2 aromatic heterocycles. The Labute approximate surface area is 212 Å². The summed E-state index contributed by atoms with van der Waals surface area (Å²) in [5, 5.41) is 14.8. The van der Waals surface area contributed by atoms with Gasteiger partial charge in [0.2, 0.25) is 17.7 Å². The molecule has 2 N–H and O–H groups in total. The molecule has 0 aliphatic carbocycles. The van der Waals surface area contributed by atoms with E-state index in [9.17, 15) is 23.1 Å². The number of amides is 1. The molecular weight excluding hydrogens is 489 g/mol. The summed E-state index contributed by atoms with van der Waals surface area (Å²) < 4.78 is 45.6. The number of rotatable bonds is 8. The van der Waals surface area contributed by atoms with Crippen molar-refractivity contribution in [2.24, 2.45) is 0 Å². The van der Waals surface area contributed by atoms with E-state index in [-0.39, 0.29) is 43.5 Å². The molecule has 0 bridgehead atoms. The van der Waals surface area contributed by atoms with E-state index < -0.39 is 18.6 Å². The average molecular weight is 521 g/mol. The lowest BCUT2D eigenvalue weighted by atomic mass is 10.1. The third-order valence-corrected chi connectivity index (χ3v) is 6.23. The van der Waals surface area contributed by atoms with Crippen molar-refractivity contribution in [3.05, 3.63) is 36.0 Å². The van der Waals surface area contributed by atoms with Crippen LogP contribution in [0.4, 0.5) is 24.9 Å². The Hall–Kier alpha value is -3.70. The van der Waals surface area contributed by atoms with Crippen molar-refractivity contribution < 1.29 is 27.8 Å². The normalized spacial score (nSPS) is 15.5. The third-order valence-electron chi connectivity index (χ3n) is 6.23. The van der Waals surface area contributed by atoms with Crippen molar-refractivity contribution in [3.8, 4) is 11.6 Å². The van der Waals surface area contributed by atoms with E-state index in [1.54, 1.807) is 10.8 Å². The topological polar surface area (TPSA) is 95.8 Å². The zero-order valence-electron chi connectivity index (χ0n) is 21.2. The van der Waals surface area contributed by atoms with Crippen LogP contribution in [0.15, 0.2) is 30.5 Å². The number of aromatic nitrogens is 3. The SMILES string of the molecule is CCOc1ccc([C@@H](C)Nc2nc(N3CCN(CC(F)(F)F)C(=O)C3)nc3c(O)n(C(C)C)cc23)cc1. The standard InChI is InChI=1S/C25H31F3N6O3/c1-5-37-18-8-6-17(7-9-18)16(4)29-22-19-12-34(15(2)3)23(36)21(19)30-24(31-22)32-10-11-33(20(35)13-32)14-25(26,27)28/h6-9,12,15-16,36H,5,10-11,13-14H2,1-4H3,(H,29,30,31)/t16-/m1/s1. The van der Waals surface area contributed by atoms with Crippen LogP contribution in [0, 0.1) is 0 Å². The second-order valence-electron chi connectivity index (χ2n) is 9.31. The van der Waals surface area contributed by atoms with E-state index in [4.69, 9.17) is 4.74 Å².